The highest BCUT2D eigenvalue weighted by atomic mass is 19.1. The van der Waals surface area contributed by atoms with E-state index >= 15 is 0 Å². The number of nitrogens with two attached hydrogens (primary N) is 1. The van der Waals surface area contributed by atoms with Gasteiger partial charge in [-0.2, -0.15) is 5.10 Å². The van der Waals surface area contributed by atoms with E-state index in [0.717, 1.165) is 11.1 Å². The van der Waals surface area contributed by atoms with E-state index in [2.05, 4.69) is 15.5 Å². The highest BCUT2D eigenvalue weighted by Gasteiger charge is 2.16. The second-order valence-electron chi connectivity index (χ2n) is 5.07. The van der Waals surface area contributed by atoms with Crippen molar-refractivity contribution in [2.24, 2.45) is 5.10 Å². The fourth-order valence-corrected chi connectivity index (χ4v) is 2.42. The first-order valence-corrected chi connectivity index (χ1v) is 7.35. The molecule has 0 bridgehead atoms. The smallest absolute Gasteiger partial charge is 0.293 e. The number of anilines is 1. The van der Waals surface area contributed by atoms with Crippen LogP contribution in [0, 0.1) is 0 Å². The number of ether oxygens (including phenoxy) is 1. The van der Waals surface area contributed by atoms with E-state index in [0.29, 0.717) is 29.1 Å². The molecule has 1 aromatic heterocycles. The number of nitrogens with one attached hydrogen (secondary N) is 1. The number of pyridine rings is 1. The average molecular weight is 330 g/mol. The number of hydrogen-bond donors (Lipinski definition) is 2. The molecule has 1 heterocycles. The third kappa shape index (κ3) is 3.87. The van der Waals surface area contributed by atoms with Crippen LogP contribution in [0.2, 0.25) is 0 Å². The van der Waals surface area contributed by atoms with Crippen molar-refractivity contribution < 1.29 is 13.9 Å². The molecule has 0 saturated carbocycles. The maximum atomic E-state index is 13.6. The Kier molecular flexibility index (Phi) is 5.83. The summed E-state index contributed by atoms with van der Waals surface area (Å²) in [6.07, 6.45) is 1.01. The molecular weight excluding hydrogens is 311 g/mol. The Morgan fingerprint density at radius 3 is 2.88 bits per heavy atom. The van der Waals surface area contributed by atoms with Crippen LogP contribution in [0.25, 0.3) is 11.1 Å². The van der Waals surface area contributed by atoms with E-state index in [1.807, 2.05) is 0 Å². The summed E-state index contributed by atoms with van der Waals surface area (Å²) in [6.45, 7) is 1.40. The minimum Gasteiger partial charge on any atom is -0.458 e. The maximum absolute atomic E-state index is 13.6. The summed E-state index contributed by atoms with van der Waals surface area (Å²) >= 11 is 0. The molecule has 2 aromatic rings. The van der Waals surface area contributed by atoms with Gasteiger partial charge < -0.3 is 15.9 Å². The first-order chi connectivity index (χ1) is 11.6. The fraction of sp³-hybridized carbons (Fsp3) is 0.235. The zero-order chi connectivity index (χ0) is 17.5. The molecule has 3 N–H and O–H groups in total. The van der Waals surface area contributed by atoms with Crippen molar-refractivity contribution in [2.75, 3.05) is 12.8 Å². The molecule has 6 nitrogen and oxygen atoms in total. The molecule has 7 heteroatoms. The molecule has 2 rings (SSSR count). The zero-order valence-corrected chi connectivity index (χ0v) is 13.5. The highest BCUT2D eigenvalue weighted by Crippen LogP contribution is 2.27. The Hall–Kier alpha value is -2.96. The van der Waals surface area contributed by atoms with Gasteiger partial charge in [-0.1, -0.05) is 12.1 Å². The monoisotopic (exact) mass is 330 g/mol. The van der Waals surface area contributed by atoms with Crippen LogP contribution in [-0.2, 0) is 16.2 Å². The topological polar surface area (TPSA) is 89.6 Å². The molecule has 126 valence electrons. The molecule has 1 atom stereocenters. The molecule has 0 aliphatic carbocycles. The predicted molar refractivity (Wildman–Crippen MR) is 91.1 cm³/mol. The van der Waals surface area contributed by atoms with Crippen LogP contribution in [0.1, 0.15) is 18.1 Å². The van der Waals surface area contributed by atoms with Crippen LogP contribution >= 0.6 is 0 Å². The van der Waals surface area contributed by atoms with Crippen LogP contribution in [0.4, 0.5) is 10.2 Å². The number of benzene rings is 1. The van der Waals surface area contributed by atoms with Crippen molar-refractivity contribution in [3.8, 4) is 11.1 Å². The van der Waals surface area contributed by atoms with Gasteiger partial charge in [0.1, 0.15) is 24.3 Å². The molecular formula is C17H19FN4O2. The average Bonchev–Trinajstić information content (AvgIpc) is 2.59. The predicted octanol–water partition coefficient (Wildman–Crippen LogP) is 2.29. The van der Waals surface area contributed by atoms with Gasteiger partial charge in [-0.25, -0.2) is 9.37 Å². The summed E-state index contributed by atoms with van der Waals surface area (Å²) < 4.78 is 18.5. The van der Waals surface area contributed by atoms with E-state index in [4.69, 9.17) is 10.5 Å². The molecule has 0 saturated heterocycles. The minimum absolute atomic E-state index is 0.361. The fourth-order valence-electron chi connectivity index (χ4n) is 2.42. The van der Waals surface area contributed by atoms with Crippen molar-refractivity contribution in [1.29, 1.82) is 0 Å². The summed E-state index contributed by atoms with van der Waals surface area (Å²) in [4.78, 5) is 14.5. The number of hydrogen-bond acceptors (Lipinski definition) is 6. The number of halogens is 1. The molecule has 24 heavy (non-hydrogen) atoms. The standard InChI is InChI=1S/C17H19FN4O2/c1-11(24-10-23)17(22-20-2)13-3-4-15(14(7-13)9-18)12-5-6-21-16(19)8-12/h3-8,10-11,20H,9H2,1-2H3,(H2,19,21)/b22-17+. The van der Waals surface area contributed by atoms with E-state index in [1.165, 1.54) is 0 Å². The quantitative estimate of drug-likeness (QED) is 0.462. The molecule has 1 aromatic carbocycles. The van der Waals surface area contributed by atoms with Gasteiger partial charge in [0.25, 0.3) is 6.47 Å². The van der Waals surface area contributed by atoms with E-state index < -0.39 is 12.8 Å². The van der Waals surface area contributed by atoms with Crippen LogP contribution in [0.15, 0.2) is 41.6 Å². The molecule has 0 amide bonds. The Morgan fingerprint density at radius 1 is 1.46 bits per heavy atom. The van der Waals surface area contributed by atoms with E-state index in [9.17, 15) is 9.18 Å². The van der Waals surface area contributed by atoms with Crippen LogP contribution in [-0.4, -0.2) is 30.3 Å². The lowest BCUT2D eigenvalue weighted by atomic mass is 9.96. The third-order valence-corrected chi connectivity index (χ3v) is 3.51. The van der Waals surface area contributed by atoms with Crippen LogP contribution < -0.4 is 11.2 Å². The van der Waals surface area contributed by atoms with Gasteiger partial charge in [0, 0.05) is 18.8 Å². The Bertz CT molecular complexity index is 749. The summed E-state index contributed by atoms with van der Waals surface area (Å²) in [5, 5.41) is 4.14. The molecule has 0 fully saturated rings. The number of carbonyl (C=O) groups excluding carboxylic acids is 1. The number of hydrazone groups is 1. The van der Waals surface area contributed by atoms with Gasteiger partial charge in [-0.05, 0) is 41.8 Å². The van der Waals surface area contributed by atoms with Gasteiger partial charge in [-0.15, -0.1) is 0 Å². The van der Waals surface area contributed by atoms with Gasteiger partial charge in [-0.3, -0.25) is 4.79 Å². The number of aromatic nitrogens is 1. The molecule has 0 aliphatic rings. The maximum Gasteiger partial charge on any atom is 0.293 e. The largest absolute Gasteiger partial charge is 0.458 e. The van der Waals surface area contributed by atoms with Crippen molar-refractivity contribution in [3.05, 3.63) is 47.7 Å². The molecule has 0 radical (unpaired) electrons. The number of alkyl halides is 1. The summed E-state index contributed by atoms with van der Waals surface area (Å²) in [7, 11) is 1.64. The molecule has 0 aliphatic heterocycles. The van der Waals surface area contributed by atoms with Crippen LogP contribution in [0.3, 0.4) is 0 Å². The third-order valence-electron chi connectivity index (χ3n) is 3.51. The Labute approximate surface area is 139 Å². The second kappa shape index (κ2) is 8.05. The van der Waals surface area contributed by atoms with Gasteiger partial charge in [0.15, 0.2) is 0 Å². The lowest BCUT2D eigenvalue weighted by Gasteiger charge is -2.15. The normalized spacial score (nSPS) is 12.5. The second-order valence-corrected chi connectivity index (χ2v) is 5.07. The van der Waals surface area contributed by atoms with Crippen molar-refractivity contribution in [3.63, 3.8) is 0 Å². The lowest BCUT2D eigenvalue weighted by molar-refractivity contribution is -0.130. The number of carbonyl (C=O) groups is 1. The summed E-state index contributed by atoms with van der Waals surface area (Å²) in [6, 6.07) is 8.73. The minimum atomic E-state index is -0.652. The van der Waals surface area contributed by atoms with Gasteiger partial charge >= 0.3 is 0 Å². The Balaban J connectivity index is 2.47. The van der Waals surface area contributed by atoms with Crippen molar-refractivity contribution in [1.82, 2.24) is 10.4 Å². The van der Waals surface area contributed by atoms with Crippen molar-refractivity contribution >= 4 is 18.0 Å². The summed E-state index contributed by atoms with van der Waals surface area (Å²) in [5.41, 5.74) is 11.5. The van der Waals surface area contributed by atoms with Crippen molar-refractivity contribution in [2.45, 2.75) is 19.7 Å². The SMILES string of the molecule is CN/N=C(/c1ccc(-c2ccnc(N)c2)c(CF)c1)C(C)OC=O. The molecule has 1 unspecified atom stereocenters. The van der Waals surface area contributed by atoms with Gasteiger partial charge in [0.2, 0.25) is 0 Å². The summed E-state index contributed by atoms with van der Waals surface area (Å²) in [5.74, 6) is 0.367. The first-order valence-electron chi connectivity index (χ1n) is 7.35. The lowest BCUT2D eigenvalue weighted by Crippen LogP contribution is -2.24. The zero-order valence-electron chi connectivity index (χ0n) is 13.5. The highest BCUT2D eigenvalue weighted by molar-refractivity contribution is 6.04. The van der Waals surface area contributed by atoms with E-state index in [-0.39, 0.29) is 0 Å². The molecule has 0 spiro atoms. The van der Waals surface area contributed by atoms with E-state index in [1.54, 1.807) is 50.5 Å². The van der Waals surface area contributed by atoms with Crippen LogP contribution in [0.5, 0.6) is 0 Å². The number of rotatable bonds is 7. The number of nitrogens with zero attached hydrogens (tertiary/aromatic N) is 2. The van der Waals surface area contributed by atoms with Gasteiger partial charge in [0.05, 0.1) is 0 Å². The Morgan fingerprint density at radius 2 is 2.25 bits per heavy atom. The first kappa shape index (κ1) is 17.4. The number of nitrogen functional groups attached to an aromatic ring is 1.